The molecule has 0 fully saturated rings. The predicted molar refractivity (Wildman–Crippen MR) is 85.3 cm³/mol. The SMILES string of the molecule is CCOc1ccc(NC(=O)c2ccc(COC(C)=O)nc2)cc1. The van der Waals surface area contributed by atoms with Crippen molar-refractivity contribution in [3.05, 3.63) is 53.9 Å². The van der Waals surface area contributed by atoms with E-state index in [9.17, 15) is 9.59 Å². The molecule has 0 saturated heterocycles. The zero-order valence-electron chi connectivity index (χ0n) is 13.0. The standard InChI is InChI=1S/C17H18N2O4/c1-3-22-16-8-6-14(7-9-16)19-17(21)13-4-5-15(18-10-13)11-23-12(2)20/h4-10H,3,11H2,1-2H3,(H,19,21). The van der Waals surface area contributed by atoms with E-state index in [0.29, 0.717) is 23.6 Å². The predicted octanol–water partition coefficient (Wildman–Crippen LogP) is 2.80. The molecule has 0 aliphatic rings. The summed E-state index contributed by atoms with van der Waals surface area (Å²) >= 11 is 0. The number of nitrogens with one attached hydrogen (secondary N) is 1. The highest BCUT2D eigenvalue weighted by Crippen LogP contribution is 2.16. The van der Waals surface area contributed by atoms with Crippen LogP contribution >= 0.6 is 0 Å². The first-order chi connectivity index (χ1) is 11.1. The van der Waals surface area contributed by atoms with Crippen LogP contribution in [0.2, 0.25) is 0 Å². The van der Waals surface area contributed by atoms with E-state index >= 15 is 0 Å². The van der Waals surface area contributed by atoms with Gasteiger partial charge in [0.15, 0.2) is 0 Å². The molecule has 2 aromatic rings. The number of nitrogens with zero attached hydrogens (tertiary/aromatic N) is 1. The Hall–Kier alpha value is -2.89. The van der Waals surface area contributed by atoms with Crippen LogP contribution in [-0.2, 0) is 16.1 Å². The van der Waals surface area contributed by atoms with E-state index in [1.807, 2.05) is 6.92 Å². The largest absolute Gasteiger partial charge is 0.494 e. The second-order valence-corrected chi connectivity index (χ2v) is 4.73. The number of anilines is 1. The van der Waals surface area contributed by atoms with E-state index < -0.39 is 0 Å². The number of carbonyl (C=O) groups is 2. The third-order valence-corrected chi connectivity index (χ3v) is 2.93. The third-order valence-electron chi connectivity index (χ3n) is 2.93. The minimum Gasteiger partial charge on any atom is -0.494 e. The molecule has 23 heavy (non-hydrogen) atoms. The van der Waals surface area contributed by atoms with Gasteiger partial charge in [-0.3, -0.25) is 14.6 Å². The fraction of sp³-hybridized carbons (Fsp3) is 0.235. The van der Waals surface area contributed by atoms with Crippen LogP contribution in [0, 0.1) is 0 Å². The third kappa shape index (κ3) is 5.10. The van der Waals surface area contributed by atoms with Crippen molar-refractivity contribution < 1.29 is 19.1 Å². The lowest BCUT2D eigenvalue weighted by atomic mass is 10.2. The van der Waals surface area contributed by atoms with Crippen molar-refractivity contribution in [2.75, 3.05) is 11.9 Å². The number of rotatable bonds is 6. The van der Waals surface area contributed by atoms with E-state index in [1.165, 1.54) is 13.1 Å². The second kappa shape index (κ2) is 7.93. The van der Waals surface area contributed by atoms with E-state index in [-0.39, 0.29) is 18.5 Å². The normalized spacial score (nSPS) is 10.0. The van der Waals surface area contributed by atoms with Gasteiger partial charge >= 0.3 is 5.97 Å². The topological polar surface area (TPSA) is 77.5 Å². The van der Waals surface area contributed by atoms with Crippen LogP contribution in [0.25, 0.3) is 0 Å². The van der Waals surface area contributed by atoms with E-state index in [1.54, 1.807) is 36.4 Å². The van der Waals surface area contributed by atoms with Crippen LogP contribution < -0.4 is 10.1 Å². The number of aromatic nitrogens is 1. The fourth-order valence-corrected chi connectivity index (χ4v) is 1.82. The van der Waals surface area contributed by atoms with Crippen molar-refractivity contribution >= 4 is 17.6 Å². The van der Waals surface area contributed by atoms with Gasteiger partial charge < -0.3 is 14.8 Å². The molecule has 0 atom stereocenters. The van der Waals surface area contributed by atoms with Crippen LogP contribution in [0.4, 0.5) is 5.69 Å². The molecule has 6 heteroatoms. The van der Waals surface area contributed by atoms with E-state index in [2.05, 4.69) is 10.3 Å². The van der Waals surface area contributed by atoms with Crippen molar-refractivity contribution in [1.29, 1.82) is 0 Å². The first-order valence-electron chi connectivity index (χ1n) is 7.21. The van der Waals surface area contributed by atoms with Crippen molar-refractivity contribution in [2.45, 2.75) is 20.5 Å². The quantitative estimate of drug-likeness (QED) is 0.830. The Balaban J connectivity index is 1.95. The zero-order valence-corrected chi connectivity index (χ0v) is 13.0. The molecule has 0 aliphatic carbocycles. The van der Waals surface area contributed by atoms with Crippen LogP contribution in [0.3, 0.4) is 0 Å². The van der Waals surface area contributed by atoms with Gasteiger partial charge in [-0.15, -0.1) is 0 Å². The summed E-state index contributed by atoms with van der Waals surface area (Å²) in [5, 5.41) is 2.78. The van der Waals surface area contributed by atoms with Crippen molar-refractivity contribution in [2.24, 2.45) is 0 Å². The van der Waals surface area contributed by atoms with E-state index in [4.69, 9.17) is 9.47 Å². The Bertz CT molecular complexity index is 666. The number of amides is 1. The molecule has 1 amide bonds. The van der Waals surface area contributed by atoms with Gasteiger partial charge in [0, 0.05) is 18.8 Å². The maximum atomic E-state index is 12.1. The average molecular weight is 314 g/mol. The maximum Gasteiger partial charge on any atom is 0.303 e. The summed E-state index contributed by atoms with van der Waals surface area (Å²) in [4.78, 5) is 27.0. The molecule has 1 N–H and O–H groups in total. The van der Waals surface area contributed by atoms with Gasteiger partial charge in [-0.2, -0.15) is 0 Å². The highest BCUT2D eigenvalue weighted by atomic mass is 16.5. The van der Waals surface area contributed by atoms with Gasteiger partial charge in [0.2, 0.25) is 0 Å². The minimum atomic E-state index is -0.371. The van der Waals surface area contributed by atoms with Gasteiger partial charge in [-0.1, -0.05) is 0 Å². The molecule has 1 aromatic carbocycles. The number of hydrogen-bond acceptors (Lipinski definition) is 5. The summed E-state index contributed by atoms with van der Waals surface area (Å²) < 4.78 is 10.2. The maximum absolute atomic E-state index is 12.1. The molecule has 0 bridgehead atoms. The summed E-state index contributed by atoms with van der Waals surface area (Å²) in [6, 6.07) is 10.4. The average Bonchev–Trinajstić information content (AvgIpc) is 2.55. The number of esters is 1. The van der Waals surface area contributed by atoms with E-state index in [0.717, 1.165) is 5.75 Å². The van der Waals surface area contributed by atoms with Gasteiger partial charge in [0.25, 0.3) is 5.91 Å². The van der Waals surface area contributed by atoms with Crippen LogP contribution in [0.1, 0.15) is 29.9 Å². The van der Waals surface area contributed by atoms with Crippen molar-refractivity contribution in [1.82, 2.24) is 4.98 Å². The summed E-state index contributed by atoms with van der Waals surface area (Å²) in [5.41, 5.74) is 1.67. The smallest absolute Gasteiger partial charge is 0.303 e. The van der Waals surface area contributed by atoms with Gasteiger partial charge in [-0.25, -0.2) is 0 Å². The van der Waals surface area contributed by atoms with Crippen LogP contribution in [0.15, 0.2) is 42.6 Å². The molecule has 0 saturated carbocycles. The summed E-state index contributed by atoms with van der Waals surface area (Å²) in [6.45, 7) is 3.93. The highest BCUT2D eigenvalue weighted by molar-refractivity contribution is 6.04. The van der Waals surface area contributed by atoms with Gasteiger partial charge in [0.1, 0.15) is 12.4 Å². The number of hydrogen-bond donors (Lipinski definition) is 1. The van der Waals surface area contributed by atoms with Crippen molar-refractivity contribution in [3.8, 4) is 5.75 Å². The molecular weight excluding hydrogens is 296 g/mol. The Morgan fingerprint density at radius 1 is 1.13 bits per heavy atom. The molecule has 2 rings (SSSR count). The lowest BCUT2D eigenvalue weighted by Gasteiger charge is -2.07. The number of benzene rings is 1. The molecule has 0 spiro atoms. The molecule has 0 aliphatic heterocycles. The summed E-state index contributed by atoms with van der Waals surface area (Å²) in [6.07, 6.45) is 1.45. The van der Waals surface area contributed by atoms with Gasteiger partial charge in [-0.05, 0) is 43.3 Å². The molecule has 0 radical (unpaired) electrons. The number of pyridine rings is 1. The zero-order chi connectivity index (χ0) is 16.7. The first-order valence-corrected chi connectivity index (χ1v) is 7.21. The fourth-order valence-electron chi connectivity index (χ4n) is 1.82. The van der Waals surface area contributed by atoms with Crippen molar-refractivity contribution in [3.63, 3.8) is 0 Å². The molecule has 1 aromatic heterocycles. The molecule has 0 unspecified atom stereocenters. The Morgan fingerprint density at radius 3 is 2.43 bits per heavy atom. The lowest BCUT2D eigenvalue weighted by molar-refractivity contribution is -0.142. The monoisotopic (exact) mass is 314 g/mol. The highest BCUT2D eigenvalue weighted by Gasteiger charge is 2.07. The second-order valence-electron chi connectivity index (χ2n) is 4.73. The van der Waals surface area contributed by atoms with Crippen LogP contribution in [0.5, 0.6) is 5.75 Å². The minimum absolute atomic E-state index is 0.0934. The Labute approximate surface area is 134 Å². The Kier molecular flexibility index (Phi) is 5.68. The molecular formula is C17H18N2O4. The molecule has 6 nitrogen and oxygen atoms in total. The van der Waals surface area contributed by atoms with Crippen LogP contribution in [-0.4, -0.2) is 23.5 Å². The molecule has 1 heterocycles. The number of carbonyl (C=O) groups excluding carboxylic acids is 2. The Morgan fingerprint density at radius 2 is 1.87 bits per heavy atom. The summed E-state index contributed by atoms with van der Waals surface area (Å²) in [5.74, 6) is 0.117. The first kappa shape index (κ1) is 16.5. The number of ether oxygens (including phenoxy) is 2. The summed E-state index contributed by atoms with van der Waals surface area (Å²) in [7, 11) is 0. The molecule has 120 valence electrons. The lowest BCUT2D eigenvalue weighted by Crippen LogP contribution is -2.12. The van der Waals surface area contributed by atoms with Gasteiger partial charge in [0.05, 0.1) is 17.9 Å².